The van der Waals surface area contributed by atoms with Crippen LogP contribution in [0.2, 0.25) is 0 Å². The SMILES string of the molecule is CC(C)c1nn(C)c2c1C(c1ccc3cccnc3c1)CC(=O)N2. The zero-order valence-corrected chi connectivity index (χ0v) is 14.1. The second kappa shape index (κ2) is 5.44. The van der Waals surface area contributed by atoms with E-state index < -0.39 is 0 Å². The molecule has 122 valence electrons. The van der Waals surface area contributed by atoms with Crippen LogP contribution in [0, 0.1) is 0 Å². The van der Waals surface area contributed by atoms with Crippen LogP contribution in [-0.4, -0.2) is 20.7 Å². The molecule has 0 saturated heterocycles. The van der Waals surface area contributed by atoms with E-state index in [9.17, 15) is 4.79 Å². The minimum Gasteiger partial charge on any atom is -0.311 e. The second-order valence-corrected chi connectivity index (χ2v) is 6.69. The van der Waals surface area contributed by atoms with Gasteiger partial charge in [-0.25, -0.2) is 0 Å². The van der Waals surface area contributed by atoms with Gasteiger partial charge in [0, 0.05) is 36.5 Å². The summed E-state index contributed by atoms with van der Waals surface area (Å²) in [5.41, 5.74) is 4.27. The summed E-state index contributed by atoms with van der Waals surface area (Å²) in [6.07, 6.45) is 2.24. The summed E-state index contributed by atoms with van der Waals surface area (Å²) < 4.78 is 1.79. The van der Waals surface area contributed by atoms with Gasteiger partial charge >= 0.3 is 0 Å². The van der Waals surface area contributed by atoms with E-state index in [1.54, 1.807) is 10.9 Å². The van der Waals surface area contributed by atoms with Gasteiger partial charge in [0.25, 0.3) is 0 Å². The molecule has 0 radical (unpaired) electrons. The molecule has 1 N–H and O–H groups in total. The van der Waals surface area contributed by atoms with Crippen LogP contribution < -0.4 is 5.32 Å². The van der Waals surface area contributed by atoms with Crippen molar-refractivity contribution in [2.45, 2.75) is 32.1 Å². The monoisotopic (exact) mass is 320 g/mol. The Kier molecular flexibility index (Phi) is 3.37. The first-order valence-electron chi connectivity index (χ1n) is 8.26. The molecule has 1 aliphatic heterocycles. The minimum atomic E-state index is 0.0197. The van der Waals surface area contributed by atoms with Gasteiger partial charge in [-0.1, -0.05) is 32.0 Å². The molecular formula is C19H20N4O. The summed E-state index contributed by atoms with van der Waals surface area (Å²) in [5, 5.41) is 8.75. The smallest absolute Gasteiger partial charge is 0.226 e. The Bertz CT molecular complexity index is 942. The highest BCUT2D eigenvalue weighted by atomic mass is 16.1. The Morgan fingerprint density at radius 2 is 2.12 bits per heavy atom. The van der Waals surface area contributed by atoms with Crippen molar-refractivity contribution in [1.82, 2.24) is 14.8 Å². The van der Waals surface area contributed by atoms with Crippen molar-refractivity contribution >= 4 is 22.6 Å². The van der Waals surface area contributed by atoms with Crippen molar-refractivity contribution in [2.75, 3.05) is 5.32 Å². The molecule has 1 aromatic carbocycles. The van der Waals surface area contributed by atoms with Gasteiger partial charge in [-0.15, -0.1) is 0 Å². The van der Waals surface area contributed by atoms with Crippen LogP contribution in [0.1, 0.15) is 48.9 Å². The summed E-state index contributed by atoms with van der Waals surface area (Å²) in [4.78, 5) is 16.7. The van der Waals surface area contributed by atoms with E-state index in [4.69, 9.17) is 0 Å². The van der Waals surface area contributed by atoms with Gasteiger partial charge in [-0.3, -0.25) is 14.5 Å². The van der Waals surface area contributed by atoms with E-state index in [1.807, 2.05) is 13.1 Å². The molecule has 0 aliphatic carbocycles. The van der Waals surface area contributed by atoms with Gasteiger partial charge < -0.3 is 5.32 Å². The van der Waals surface area contributed by atoms with Crippen LogP contribution in [0.15, 0.2) is 36.5 Å². The van der Waals surface area contributed by atoms with Gasteiger partial charge in [-0.05, 0) is 23.6 Å². The van der Waals surface area contributed by atoms with Crippen molar-refractivity contribution in [3.8, 4) is 0 Å². The average Bonchev–Trinajstić information content (AvgIpc) is 2.91. The van der Waals surface area contributed by atoms with Crippen LogP contribution in [0.25, 0.3) is 10.9 Å². The third-order valence-electron chi connectivity index (χ3n) is 4.69. The molecule has 0 fully saturated rings. The predicted octanol–water partition coefficient (Wildman–Crippen LogP) is 3.57. The highest BCUT2D eigenvalue weighted by molar-refractivity contribution is 5.95. The normalized spacial score (nSPS) is 17.2. The maximum absolute atomic E-state index is 12.2. The lowest BCUT2D eigenvalue weighted by molar-refractivity contribution is -0.116. The first-order chi connectivity index (χ1) is 11.5. The number of fused-ring (bicyclic) bond motifs is 2. The van der Waals surface area contributed by atoms with Crippen LogP contribution in [-0.2, 0) is 11.8 Å². The Morgan fingerprint density at radius 3 is 2.92 bits per heavy atom. The Hall–Kier alpha value is -2.69. The number of aryl methyl sites for hydroxylation is 1. The maximum Gasteiger partial charge on any atom is 0.226 e. The minimum absolute atomic E-state index is 0.0197. The molecule has 1 unspecified atom stereocenters. The molecule has 5 heteroatoms. The number of carbonyl (C=O) groups is 1. The first kappa shape index (κ1) is 14.9. The summed E-state index contributed by atoms with van der Waals surface area (Å²) in [6, 6.07) is 10.3. The number of nitrogens with zero attached hydrogens (tertiary/aromatic N) is 3. The molecule has 5 nitrogen and oxygen atoms in total. The number of anilines is 1. The van der Waals surface area contributed by atoms with Gasteiger partial charge in [0.2, 0.25) is 5.91 Å². The third-order valence-corrected chi connectivity index (χ3v) is 4.69. The Labute approximate surface area is 140 Å². The number of benzene rings is 1. The van der Waals surface area contributed by atoms with E-state index in [0.29, 0.717) is 12.3 Å². The number of aromatic nitrogens is 3. The summed E-state index contributed by atoms with van der Waals surface area (Å²) in [7, 11) is 1.88. The number of rotatable bonds is 2. The third kappa shape index (κ3) is 2.28. The fourth-order valence-electron chi connectivity index (χ4n) is 3.53. The maximum atomic E-state index is 12.2. The zero-order chi connectivity index (χ0) is 16.8. The predicted molar refractivity (Wildman–Crippen MR) is 94.1 cm³/mol. The molecular weight excluding hydrogens is 300 g/mol. The number of hydrogen-bond donors (Lipinski definition) is 1. The van der Waals surface area contributed by atoms with Gasteiger partial charge in [-0.2, -0.15) is 5.10 Å². The number of hydrogen-bond acceptors (Lipinski definition) is 3. The molecule has 2 aromatic heterocycles. The van der Waals surface area contributed by atoms with Crippen LogP contribution in [0.4, 0.5) is 5.82 Å². The Balaban J connectivity index is 1.90. The van der Waals surface area contributed by atoms with Crippen molar-refractivity contribution in [3.63, 3.8) is 0 Å². The van der Waals surface area contributed by atoms with Crippen LogP contribution >= 0.6 is 0 Å². The molecule has 1 atom stereocenters. The second-order valence-electron chi connectivity index (χ2n) is 6.69. The molecule has 1 aliphatic rings. The summed E-state index contributed by atoms with van der Waals surface area (Å²) in [6.45, 7) is 4.27. The lowest BCUT2D eigenvalue weighted by Gasteiger charge is -2.25. The van der Waals surface area contributed by atoms with Crippen molar-refractivity contribution in [3.05, 3.63) is 53.3 Å². The van der Waals surface area contributed by atoms with E-state index in [-0.39, 0.29) is 11.8 Å². The zero-order valence-electron chi connectivity index (χ0n) is 14.1. The summed E-state index contributed by atoms with van der Waals surface area (Å²) >= 11 is 0. The van der Waals surface area contributed by atoms with Crippen molar-refractivity contribution in [2.24, 2.45) is 7.05 Å². The Morgan fingerprint density at radius 1 is 1.29 bits per heavy atom. The lowest BCUT2D eigenvalue weighted by Crippen LogP contribution is -2.25. The molecule has 3 heterocycles. The van der Waals surface area contributed by atoms with Crippen molar-refractivity contribution in [1.29, 1.82) is 0 Å². The number of nitrogens with one attached hydrogen (secondary N) is 1. The fourth-order valence-corrected chi connectivity index (χ4v) is 3.53. The average molecular weight is 320 g/mol. The van der Waals surface area contributed by atoms with Gasteiger partial charge in [0.05, 0.1) is 11.2 Å². The highest BCUT2D eigenvalue weighted by Gasteiger charge is 2.33. The van der Waals surface area contributed by atoms with Gasteiger partial charge in [0.15, 0.2) is 0 Å². The molecule has 1 amide bonds. The van der Waals surface area contributed by atoms with Crippen molar-refractivity contribution < 1.29 is 4.79 Å². The summed E-state index contributed by atoms with van der Waals surface area (Å²) in [5.74, 6) is 1.18. The topological polar surface area (TPSA) is 59.8 Å². The molecule has 0 spiro atoms. The van der Waals surface area contributed by atoms with Crippen LogP contribution in [0.3, 0.4) is 0 Å². The first-order valence-corrected chi connectivity index (χ1v) is 8.26. The lowest BCUT2D eigenvalue weighted by atomic mass is 9.83. The van der Waals surface area contributed by atoms with E-state index >= 15 is 0 Å². The van der Waals surface area contributed by atoms with E-state index in [1.165, 1.54) is 0 Å². The molecule has 4 rings (SSSR count). The number of amides is 1. The highest BCUT2D eigenvalue weighted by Crippen LogP contribution is 2.41. The quantitative estimate of drug-likeness (QED) is 0.785. The largest absolute Gasteiger partial charge is 0.311 e. The van der Waals surface area contributed by atoms with E-state index in [2.05, 4.69) is 53.5 Å². The molecule has 3 aromatic rings. The molecule has 0 saturated carbocycles. The molecule has 24 heavy (non-hydrogen) atoms. The van der Waals surface area contributed by atoms with Gasteiger partial charge in [0.1, 0.15) is 5.82 Å². The van der Waals surface area contributed by atoms with E-state index in [0.717, 1.165) is 33.5 Å². The number of pyridine rings is 1. The van der Waals surface area contributed by atoms with Crippen LogP contribution in [0.5, 0.6) is 0 Å². The standard InChI is InChI=1S/C19H20N4O/c1-11(2)18-17-14(10-16(24)21-19(17)23(3)22-18)13-7-6-12-5-4-8-20-15(12)9-13/h4-9,11,14H,10H2,1-3H3,(H,21,24). The number of carbonyl (C=O) groups excluding carboxylic acids is 1. The fraction of sp³-hybridized carbons (Fsp3) is 0.316. The molecule has 0 bridgehead atoms.